The first kappa shape index (κ1) is 23.4. The van der Waals surface area contributed by atoms with Crippen molar-refractivity contribution in [3.63, 3.8) is 0 Å². The van der Waals surface area contributed by atoms with Crippen molar-refractivity contribution in [3.05, 3.63) is 47.8 Å². The van der Waals surface area contributed by atoms with Gasteiger partial charge in [0.05, 0.1) is 13.2 Å². The van der Waals surface area contributed by atoms with Crippen molar-refractivity contribution in [2.75, 3.05) is 52.5 Å². The van der Waals surface area contributed by atoms with Crippen LogP contribution in [0, 0.1) is 10.8 Å². The van der Waals surface area contributed by atoms with Crippen molar-refractivity contribution >= 4 is 11.7 Å². The Hall–Kier alpha value is -3.24. The van der Waals surface area contributed by atoms with Crippen LogP contribution in [-0.4, -0.2) is 83.9 Å². The molecule has 1 fully saturated rings. The number of nitrogen functional groups attached to an aromatic ring is 2. The fraction of sp³-hybridized carbons (Fsp3) is 0.455. The zero-order valence-electron chi connectivity index (χ0n) is 18.3. The van der Waals surface area contributed by atoms with Crippen LogP contribution in [0.4, 0.5) is 0 Å². The molecule has 2 aromatic rings. The highest BCUT2D eigenvalue weighted by atomic mass is 16.5. The van der Waals surface area contributed by atoms with Gasteiger partial charge in [-0.1, -0.05) is 0 Å². The molecule has 0 atom stereocenters. The van der Waals surface area contributed by atoms with Gasteiger partial charge in [-0.25, -0.2) is 9.97 Å². The summed E-state index contributed by atoms with van der Waals surface area (Å²) in [6, 6.07) is 6.98. The molecule has 1 aliphatic rings. The van der Waals surface area contributed by atoms with Gasteiger partial charge >= 0.3 is 0 Å². The van der Waals surface area contributed by atoms with Gasteiger partial charge in [-0.15, -0.1) is 0 Å². The summed E-state index contributed by atoms with van der Waals surface area (Å²) < 4.78 is 11.4. The summed E-state index contributed by atoms with van der Waals surface area (Å²) in [5.41, 5.74) is 12.0. The second-order valence-electron chi connectivity index (χ2n) is 7.68. The molecule has 2 aromatic heterocycles. The Morgan fingerprint density at radius 1 is 0.750 bits per heavy atom. The zero-order valence-corrected chi connectivity index (χ0v) is 18.3. The van der Waals surface area contributed by atoms with E-state index in [0.29, 0.717) is 36.1 Å². The topological polar surface area (TPSA) is 150 Å². The highest BCUT2D eigenvalue weighted by Gasteiger charge is 2.16. The molecule has 3 rings (SSSR count). The van der Waals surface area contributed by atoms with Gasteiger partial charge in [-0.3, -0.25) is 10.8 Å². The third-order valence-electron chi connectivity index (χ3n) is 5.30. The van der Waals surface area contributed by atoms with Gasteiger partial charge in [0.1, 0.15) is 11.7 Å². The van der Waals surface area contributed by atoms with Crippen LogP contribution in [0.1, 0.15) is 24.0 Å². The number of pyridine rings is 2. The van der Waals surface area contributed by atoms with E-state index in [-0.39, 0.29) is 11.7 Å². The van der Waals surface area contributed by atoms with Crippen LogP contribution in [0.2, 0.25) is 0 Å². The molecule has 0 radical (unpaired) electrons. The van der Waals surface area contributed by atoms with Crippen molar-refractivity contribution < 1.29 is 9.47 Å². The smallest absolute Gasteiger partial charge is 0.213 e. The van der Waals surface area contributed by atoms with E-state index >= 15 is 0 Å². The molecular weight excluding hydrogens is 408 g/mol. The van der Waals surface area contributed by atoms with Gasteiger partial charge in [0.25, 0.3) is 0 Å². The Balaban J connectivity index is 1.23. The molecule has 0 unspecified atom stereocenters. The third-order valence-corrected chi connectivity index (χ3v) is 5.30. The van der Waals surface area contributed by atoms with Crippen LogP contribution in [0.25, 0.3) is 0 Å². The number of piperazine rings is 1. The predicted octanol–water partition coefficient (Wildman–Crippen LogP) is 0.900. The van der Waals surface area contributed by atoms with Crippen LogP contribution in [-0.2, 0) is 0 Å². The number of nitrogens with zero attached hydrogens (tertiary/aromatic N) is 4. The Kier molecular flexibility index (Phi) is 8.76. The maximum atomic E-state index is 7.37. The first-order valence-corrected chi connectivity index (χ1v) is 10.8. The van der Waals surface area contributed by atoms with E-state index < -0.39 is 0 Å². The van der Waals surface area contributed by atoms with Gasteiger partial charge in [-0.2, -0.15) is 0 Å². The minimum absolute atomic E-state index is 0.00756. The molecule has 1 aliphatic heterocycles. The number of nitrogens with two attached hydrogens (primary N) is 2. The molecule has 10 heteroatoms. The lowest BCUT2D eigenvalue weighted by Crippen LogP contribution is -2.47. The van der Waals surface area contributed by atoms with Crippen LogP contribution < -0.4 is 20.9 Å². The second-order valence-corrected chi connectivity index (χ2v) is 7.68. The highest BCUT2D eigenvalue weighted by Crippen LogP contribution is 2.10. The van der Waals surface area contributed by atoms with Crippen molar-refractivity contribution in [1.82, 2.24) is 19.8 Å². The van der Waals surface area contributed by atoms with E-state index in [1.807, 2.05) is 0 Å². The maximum absolute atomic E-state index is 7.37. The fourth-order valence-electron chi connectivity index (χ4n) is 3.42. The maximum Gasteiger partial charge on any atom is 0.213 e. The van der Waals surface area contributed by atoms with E-state index in [1.54, 1.807) is 36.7 Å². The van der Waals surface area contributed by atoms with Crippen LogP contribution >= 0.6 is 0 Å². The van der Waals surface area contributed by atoms with Gasteiger partial charge in [-0.05, 0) is 25.0 Å². The number of nitrogens with one attached hydrogen (secondary N) is 2. The average Bonchev–Trinajstić information content (AvgIpc) is 2.81. The number of amidine groups is 2. The molecular formula is C22H32N8O2. The molecule has 172 valence electrons. The second kappa shape index (κ2) is 12.0. The normalized spacial score (nSPS) is 14.8. The van der Waals surface area contributed by atoms with Crippen LogP contribution in [0.3, 0.4) is 0 Å². The molecule has 0 spiro atoms. The number of hydrogen-bond donors (Lipinski definition) is 4. The summed E-state index contributed by atoms with van der Waals surface area (Å²) in [6.45, 7) is 7.47. The molecule has 0 amide bonds. The minimum atomic E-state index is 0.00756. The van der Waals surface area contributed by atoms with E-state index in [9.17, 15) is 0 Å². The third kappa shape index (κ3) is 7.47. The quantitative estimate of drug-likeness (QED) is 0.216. The van der Waals surface area contributed by atoms with Gasteiger partial charge in [0.15, 0.2) is 0 Å². The lowest BCUT2D eigenvalue weighted by molar-refractivity contribution is 0.120. The molecule has 0 bridgehead atoms. The Bertz CT molecular complexity index is 791. The van der Waals surface area contributed by atoms with Gasteiger partial charge in [0.2, 0.25) is 11.8 Å². The largest absolute Gasteiger partial charge is 0.478 e. The standard InChI is InChI=1S/C22H32N8O2/c23-21(24)17-3-5-19(27-15-17)31-13-1-7-29-9-11-30(12-10-29)8-2-14-32-20-6-4-18(16-28-20)22(25)26/h3-6,15-16H,1-2,7-14H2,(H3,23,24)(H3,25,26). The molecule has 0 aliphatic carbocycles. The molecule has 6 N–H and O–H groups in total. The van der Waals surface area contributed by atoms with Crippen molar-refractivity contribution in [2.24, 2.45) is 11.5 Å². The predicted molar refractivity (Wildman–Crippen MR) is 124 cm³/mol. The molecule has 0 aromatic carbocycles. The summed E-state index contributed by atoms with van der Waals surface area (Å²) in [5, 5.41) is 14.7. The van der Waals surface area contributed by atoms with Crippen LogP contribution in [0.5, 0.6) is 11.8 Å². The van der Waals surface area contributed by atoms with E-state index in [2.05, 4.69) is 19.8 Å². The minimum Gasteiger partial charge on any atom is -0.478 e. The lowest BCUT2D eigenvalue weighted by atomic mass is 10.2. The SMILES string of the molecule is N=C(N)c1ccc(OCCCN2CCN(CCCOc3ccc(C(=N)N)cn3)CC2)nc1. The molecule has 1 saturated heterocycles. The van der Waals surface area contributed by atoms with E-state index in [1.165, 1.54) is 0 Å². The highest BCUT2D eigenvalue weighted by molar-refractivity contribution is 5.95. The first-order chi connectivity index (χ1) is 15.5. The van der Waals surface area contributed by atoms with E-state index in [0.717, 1.165) is 52.1 Å². The zero-order chi connectivity index (χ0) is 22.8. The molecule has 3 heterocycles. The Morgan fingerprint density at radius 2 is 1.16 bits per heavy atom. The summed E-state index contributed by atoms with van der Waals surface area (Å²) in [7, 11) is 0. The number of ether oxygens (including phenoxy) is 2. The number of hydrogen-bond acceptors (Lipinski definition) is 8. The van der Waals surface area contributed by atoms with Crippen LogP contribution in [0.15, 0.2) is 36.7 Å². The molecule has 0 saturated carbocycles. The number of aromatic nitrogens is 2. The molecule has 32 heavy (non-hydrogen) atoms. The summed E-state index contributed by atoms with van der Waals surface area (Å²) >= 11 is 0. The molecule has 10 nitrogen and oxygen atoms in total. The average molecular weight is 441 g/mol. The van der Waals surface area contributed by atoms with Crippen molar-refractivity contribution in [1.29, 1.82) is 10.8 Å². The van der Waals surface area contributed by atoms with E-state index in [4.69, 9.17) is 31.8 Å². The first-order valence-electron chi connectivity index (χ1n) is 10.8. The fourth-order valence-corrected chi connectivity index (χ4v) is 3.42. The van der Waals surface area contributed by atoms with Gasteiger partial charge in [0, 0.05) is 74.9 Å². The van der Waals surface area contributed by atoms with Crippen molar-refractivity contribution in [2.45, 2.75) is 12.8 Å². The summed E-state index contributed by atoms with van der Waals surface area (Å²) in [6.07, 6.45) is 5.00. The summed E-state index contributed by atoms with van der Waals surface area (Å²) in [5.74, 6) is 1.14. The lowest BCUT2D eigenvalue weighted by Gasteiger charge is -2.34. The Morgan fingerprint density at radius 3 is 1.47 bits per heavy atom. The monoisotopic (exact) mass is 440 g/mol. The summed E-state index contributed by atoms with van der Waals surface area (Å²) in [4.78, 5) is 13.3. The van der Waals surface area contributed by atoms with Crippen molar-refractivity contribution in [3.8, 4) is 11.8 Å². The number of rotatable bonds is 12. The Labute approximate surface area is 188 Å². The van der Waals surface area contributed by atoms with Gasteiger partial charge < -0.3 is 30.7 Å².